The van der Waals surface area contributed by atoms with E-state index in [1.807, 2.05) is 11.8 Å². The van der Waals surface area contributed by atoms with E-state index in [2.05, 4.69) is 53.9 Å². The molecule has 1 fully saturated rings. The Bertz CT molecular complexity index is 347. The third kappa shape index (κ3) is 4.83. The molecule has 0 radical (unpaired) electrons. The molecule has 1 heterocycles. The Morgan fingerprint density at radius 3 is 2.58 bits per heavy atom. The molecule has 0 saturated carbocycles. The molecule has 19 heavy (non-hydrogen) atoms. The van der Waals surface area contributed by atoms with E-state index < -0.39 is 0 Å². The summed E-state index contributed by atoms with van der Waals surface area (Å²) in [5.41, 5.74) is 1.42. The maximum absolute atomic E-state index is 3.78. The van der Waals surface area contributed by atoms with Crippen LogP contribution in [-0.2, 0) is 0 Å². The van der Waals surface area contributed by atoms with Crippen LogP contribution in [0.3, 0.4) is 0 Å². The van der Waals surface area contributed by atoms with Crippen molar-refractivity contribution in [3.63, 3.8) is 0 Å². The number of thioether (sulfide) groups is 1. The molecule has 2 rings (SSSR count). The average molecular weight is 278 g/mol. The highest BCUT2D eigenvalue weighted by molar-refractivity contribution is 7.98. The van der Waals surface area contributed by atoms with Crippen molar-refractivity contribution in [3.05, 3.63) is 35.9 Å². The maximum Gasteiger partial charge on any atom is 0.0411 e. The summed E-state index contributed by atoms with van der Waals surface area (Å²) in [7, 11) is 2.23. The number of nitrogens with zero attached hydrogens (tertiary/aromatic N) is 1. The van der Waals surface area contributed by atoms with Crippen LogP contribution in [0.25, 0.3) is 0 Å². The maximum atomic E-state index is 3.78. The SMILES string of the molecule is CSC[C@H](NCC1CCN(C)CC1)c1ccccc1. The van der Waals surface area contributed by atoms with E-state index in [0.717, 1.165) is 18.2 Å². The molecule has 1 N–H and O–H groups in total. The van der Waals surface area contributed by atoms with Crippen molar-refractivity contribution >= 4 is 11.8 Å². The Hall–Kier alpha value is -0.510. The normalized spacial score (nSPS) is 19.5. The lowest BCUT2D eigenvalue weighted by Gasteiger charge is -2.30. The fourth-order valence-corrected chi connectivity index (χ4v) is 3.34. The third-order valence-corrected chi connectivity index (χ3v) is 4.69. The molecule has 3 heteroatoms. The summed E-state index contributed by atoms with van der Waals surface area (Å²) in [5, 5.41) is 3.78. The molecule has 1 atom stereocenters. The predicted octanol–water partition coefficient (Wildman–Crippen LogP) is 3.02. The van der Waals surface area contributed by atoms with Crippen LogP contribution in [0.5, 0.6) is 0 Å². The van der Waals surface area contributed by atoms with Crippen LogP contribution in [0.1, 0.15) is 24.4 Å². The van der Waals surface area contributed by atoms with E-state index in [-0.39, 0.29) is 0 Å². The minimum atomic E-state index is 0.496. The number of hydrogen-bond acceptors (Lipinski definition) is 3. The predicted molar refractivity (Wildman–Crippen MR) is 85.8 cm³/mol. The van der Waals surface area contributed by atoms with E-state index in [4.69, 9.17) is 0 Å². The molecule has 1 aliphatic heterocycles. The lowest BCUT2D eigenvalue weighted by molar-refractivity contribution is 0.213. The van der Waals surface area contributed by atoms with E-state index in [1.54, 1.807) is 0 Å². The molecule has 1 aromatic rings. The summed E-state index contributed by atoms with van der Waals surface area (Å²) in [6.07, 6.45) is 4.86. The number of rotatable bonds is 6. The Balaban J connectivity index is 1.84. The highest BCUT2D eigenvalue weighted by Gasteiger charge is 2.18. The molecule has 0 amide bonds. The van der Waals surface area contributed by atoms with Gasteiger partial charge in [-0.1, -0.05) is 30.3 Å². The number of nitrogens with one attached hydrogen (secondary N) is 1. The van der Waals surface area contributed by atoms with Crippen LogP contribution in [0.2, 0.25) is 0 Å². The van der Waals surface area contributed by atoms with Gasteiger partial charge in [-0.15, -0.1) is 0 Å². The van der Waals surface area contributed by atoms with E-state index in [1.165, 1.54) is 31.5 Å². The van der Waals surface area contributed by atoms with Gasteiger partial charge in [0.05, 0.1) is 0 Å². The van der Waals surface area contributed by atoms with Crippen LogP contribution < -0.4 is 5.32 Å². The summed E-state index contributed by atoms with van der Waals surface area (Å²) in [6, 6.07) is 11.3. The van der Waals surface area contributed by atoms with Crippen molar-refractivity contribution in [1.29, 1.82) is 0 Å². The third-order valence-electron chi connectivity index (χ3n) is 4.03. The zero-order valence-corrected chi connectivity index (χ0v) is 13.0. The first-order valence-electron chi connectivity index (χ1n) is 7.25. The zero-order chi connectivity index (χ0) is 13.5. The smallest absolute Gasteiger partial charge is 0.0411 e. The van der Waals surface area contributed by atoms with Crippen molar-refractivity contribution in [3.8, 4) is 0 Å². The van der Waals surface area contributed by atoms with Gasteiger partial charge in [0, 0.05) is 11.8 Å². The van der Waals surface area contributed by atoms with Crippen molar-refractivity contribution in [2.24, 2.45) is 5.92 Å². The first-order chi connectivity index (χ1) is 9.29. The van der Waals surface area contributed by atoms with Gasteiger partial charge < -0.3 is 10.2 Å². The molecule has 1 aromatic carbocycles. The highest BCUT2D eigenvalue weighted by atomic mass is 32.2. The van der Waals surface area contributed by atoms with Gasteiger partial charge in [0.25, 0.3) is 0 Å². The van der Waals surface area contributed by atoms with Gasteiger partial charge in [-0.25, -0.2) is 0 Å². The fourth-order valence-electron chi connectivity index (χ4n) is 2.70. The van der Waals surface area contributed by atoms with Gasteiger partial charge in [0.15, 0.2) is 0 Å². The van der Waals surface area contributed by atoms with Crippen molar-refractivity contribution in [1.82, 2.24) is 10.2 Å². The van der Waals surface area contributed by atoms with Crippen LogP contribution in [-0.4, -0.2) is 43.6 Å². The topological polar surface area (TPSA) is 15.3 Å². The molecular formula is C16H26N2S. The van der Waals surface area contributed by atoms with Crippen molar-refractivity contribution < 1.29 is 0 Å². The molecule has 1 aliphatic rings. The molecule has 0 spiro atoms. The minimum absolute atomic E-state index is 0.496. The molecule has 106 valence electrons. The number of benzene rings is 1. The van der Waals surface area contributed by atoms with E-state index in [9.17, 15) is 0 Å². The van der Waals surface area contributed by atoms with Crippen LogP contribution in [0.4, 0.5) is 0 Å². The van der Waals surface area contributed by atoms with Crippen molar-refractivity contribution in [2.75, 3.05) is 38.7 Å². The lowest BCUT2D eigenvalue weighted by Crippen LogP contribution is -2.36. The second-order valence-electron chi connectivity index (χ2n) is 5.57. The molecule has 0 unspecified atom stereocenters. The number of hydrogen-bond donors (Lipinski definition) is 1. The number of likely N-dealkylation sites (tertiary alicyclic amines) is 1. The summed E-state index contributed by atoms with van der Waals surface area (Å²) in [4.78, 5) is 2.44. The Labute approximate surface area is 122 Å². The molecule has 0 aromatic heterocycles. The van der Waals surface area contributed by atoms with Gasteiger partial charge in [-0.05, 0) is 57.3 Å². The Morgan fingerprint density at radius 1 is 1.26 bits per heavy atom. The summed E-state index contributed by atoms with van der Waals surface area (Å²) in [5.74, 6) is 2.00. The highest BCUT2D eigenvalue weighted by Crippen LogP contribution is 2.20. The van der Waals surface area contributed by atoms with Gasteiger partial charge in [-0.2, -0.15) is 11.8 Å². The average Bonchev–Trinajstić information content (AvgIpc) is 2.46. The lowest BCUT2D eigenvalue weighted by atomic mass is 9.96. The van der Waals surface area contributed by atoms with Gasteiger partial charge >= 0.3 is 0 Å². The first kappa shape index (κ1) is 14.9. The molecule has 0 aliphatic carbocycles. The standard InChI is InChI=1S/C16H26N2S/c1-18-10-8-14(9-11-18)12-17-16(13-19-2)15-6-4-3-5-7-15/h3-7,14,16-17H,8-13H2,1-2H3/t16-/m0/s1. The van der Waals surface area contributed by atoms with Gasteiger partial charge in [-0.3, -0.25) is 0 Å². The Kier molecular flexibility index (Phi) is 6.21. The summed E-state index contributed by atoms with van der Waals surface area (Å²) < 4.78 is 0. The molecule has 2 nitrogen and oxygen atoms in total. The van der Waals surface area contributed by atoms with E-state index >= 15 is 0 Å². The number of piperidine rings is 1. The van der Waals surface area contributed by atoms with Crippen LogP contribution >= 0.6 is 11.8 Å². The van der Waals surface area contributed by atoms with Gasteiger partial charge in [0.1, 0.15) is 0 Å². The fraction of sp³-hybridized carbons (Fsp3) is 0.625. The van der Waals surface area contributed by atoms with Crippen LogP contribution in [0.15, 0.2) is 30.3 Å². The van der Waals surface area contributed by atoms with Gasteiger partial charge in [0.2, 0.25) is 0 Å². The summed E-state index contributed by atoms with van der Waals surface area (Å²) in [6.45, 7) is 3.67. The van der Waals surface area contributed by atoms with E-state index in [0.29, 0.717) is 6.04 Å². The monoisotopic (exact) mass is 278 g/mol. The molecular weight excluding hydrogens is 252 g/mol. The largest absolute Gasteiger partial charge is 0.309 e. The van der Waals surface area contributed by atoms with Crippen LogP contribution in [0, 0.1) is 5.92 Å². The zero-order valence-electron chi connectivity index (χ0n) is 12.1. The second-order valence-corrected chi connectivity index (χ2v) is 6.48. The minimum Gasteiger partial charge on any atom is -0.309 e. The molecule has 0 bridgehead atoms. The quantitative estimate of drug-likeness (QED) is 0.861. The second kappa shape index (κ2) is 7.93. The first-order valence-corrected chi connectivity index (χ1v) is 8.65. The summed E-state index contributed by atoms with van der Waals surface area (Å²) >= 11 is 1.92. The molecule has 1 saturated heterocycles. The Morgan fingerprint density at radius 2 is 1.95 bits per heavy atom. The van der Waals surface area contributed by atoms with Crippen molar-refractivity contribution in [2.45, 2.75) is 18.9 Å².